The molecule has 0 amide bonds. The van der Waals surface area contributed by atoms with Gasteiger partial charge >= 0.3 is 23.5 Å². The lowest BCUT2D eigenvalue weighted by Crippen LogP contribution is -2.63. The minimum atomic E-state index is -2.63. The highest BCUT2D eigenvalue weighted by atomic mass is 16.6. The molecule has 0 aromatic heterocycles. The van der Waals surface area contributed by atoms with Crippen LogP contribution in [-0.4, -0.2) is 92.0 Å². The summed E-state index contributed by atoms with van der Waals surface area (Å²) in [6.45, 7) is 40.4. The molecule has 2 aliphatic rings. The molecule has 0 spiro atoms. The first-order chi connectivity index (χ1) is 28.1. The van der Waals surface area contributed by atoms with Crippen molar-refractivity contribution in [2.45, 2.75) is 232 Å². The molecule has 2 N–H and O–H groups in total. The molecule has 354 valence electrons. The van der Waals surface area contributed by atoms with Crippen LogP contribution in [0, 0.1) is 0 Å². The quantitative estimate of drug-likeness (QED) is 0.150. The SMILES string of the molecule is CN1C(C)(C)CC(OC(=O)C(Cc2cc(C(C)(C)C)c(O)c(C(C)(C)C)c2)(OC(=O)c2cc(C(C)(C)C)c(O)c(C(C)(C)C)c2)C(=O)OC2CC(C)(C)N(C)C(C)(C)C2)CC1(C)C. The van der Waals surface area contributed by atoms with E-state index in [4.69, 9.17) is 14.2 Å². The summed E-state index contributed by atoms with van der Waals surface area (Å²) in [5.41, 5.74) is -3.56. The minimum absolute atomic E-state index is 0.0742. The maximum atomic E-state index is 15.6. The van der Waals surface area contributed by atoms with E-state index in [0.29, 0.717) is 53.5 Å². The van der Waals surface area contributed by atoms with E-state index in [0.717, 1.165) is 0 Å². The zero-order valence-corrected chi connectivity index (χ0v) is 43.2. The molecule has 2 fully saturated rings. The van der Waals surface area contributed by atoms with Gasteiger partial charge in [0.25, 0.3) is 0 Å². The Labute approximate surface area is 380 Å². The van der Waals surface area contributed by atoms with Crippen LogP contribution >= 0.6 is 0 Å². The van der Waals surface area contributed by atoms with Crippen molar-refractivity contribution in [1.82, 2.24) is 9.80 Å². The molecule has 2 saturated heterocycles. The lowest BCUT2D eigenvalue weighted by molar-refractivity contribution is -0.198. The van der Waals surface area contributed by atoms with Crippen LogP contribution in [-0.2, 0) is 51.9 Å². The highest BCUT2D eigenvalue weighted by Crippen LogP contribution is 2.45. The molecule has 4 rings (SSSR count). The number of phenolic OH excluding ortho intramolecular Hbond substituents is 2. The van der Waals surface area contributed by atoms with Crippen LogP contribution in [0.4, 0.5) is 0 Å². The molecule has 2 aromatic rings. The van der Waals surface area contributed by atoms with Crippen LogP contribution in [0.2, 0.25) is 0 Å². The van der Waals surface area contributed by atoms with E-state index in [2.05, 4.69) is 79.3 Å². The number of rotatable bonds is 8. The number of likely N-dealkylation sites (tertiary alicyclic amines) is 2. The Bertz CT molecular complexity index is 1900. The minimum Gasteiger partial charge on any atom is -0.507 e. The summed E-state index contributed by atoms with van der Waals surface area (Å²) >= 11 is 0. The van der Waals surface area contributed by atoms with Crippen molar-refractivity contribution in [3.05, 3.63) is 57.6 Å². The number of phenols is 2. The van der Waals surface area contributed by atoms with Crippen molar-refractivity contribution in [2.75, 3.05) is 14.1 Å². The number of ether oxygens (including phenoxy) is 3. The molecule has 0 bridgehead atoms. The van der Waals surface area contributed by atoms with Gasteiger partial charge in [-0.2, -0.15) is 0 Å². The van der Waals surface area contributed by atoms with Gasteiger partial charge in [0.05, 0.1) is 5.56 Å². The lowest BCUT2D eigenvalue weighted by atomic mass is 9.77. The van der Waals surface area contributed by atoms with Gasteiger partial charge in [-0.05, 0) is 120 Å². The Morgan fingerprint density at radius 2 is 0.810 bits per heavy atom. The first kappa shape index (κ1) is 52.0. The predicted molar refractivity (Wildman–Crippen MR) is 253 cm³/mol. The highest BCUT2D eigenvalue weighted by Gasteiger charge is 2.57. The number of hydrogen-bond donors (Lipinski definition) is 2. The zero-order chi connectivity index (χ0) is 48.6. The molecule has 0 unspecified atom stereocenters. The number of carbonyl (C=O) groups excluding carboxylic acids is 3. The van der Waals surface area contributed by atoms with Gasteiger partial charge in [-0.3, -0.25) is 9.80 Å². The number of esters is 3. The fourth-order valence-corrected chi connectivity index (χ4v) is 9.91. The Hall–Kier alpha value is -3.63. The standard InChI is InChI=1S/C53H84N2O8/c1-45(2,3)36-23-32(24-37(40(36)56)46(4,5)6)27-53(43(59)61-34-28-49(13,14)54(21)50(15,16)29-34,44(60)62-35-30-51(17,18)55(22)52(19,20)31-35)63-42(58)33-25-38(47(7,8)9)41(57)39(26-33)48(10,11)12/h23-26,34-35,56-57H,27-31H2,1-22H3. The molecular formula is C53H84N2O8. The molecule has 0 radical (unpaired) electrons. The molecular weight excluding hydrogens is 793 g/mol. The molecule has 2 aromatic carbocycles. The maximum Gasteiger partial charge on any atom is 0.363 e. The fraction of sp³-hybridized carbons (Fsp3) is 0.717. The largest absolute Gasteiger partial charge is 0.507 e. The molecule has 0 atom stereocenters. The van der Waals surface area contributed by atoms with Crippen molar-refractivity contribution in [1.29, 1.82) is 0 Å². The Balaban J connectivity index is 2.08. The van der Waals surface area contributed by atoms with Crippen LogP contribution < -0.4 is 0 Å². The van der Waals surface area contributed by atoms with E-state index in [9.17, 15) is 10.2 Å². The fourth-order valence-electron chi connectivity index (χ4n) is 9.91. The van der Waals surface area contributed by atoms with Gasteiger partial charge in [0.1, 0.15) is 23.7 Å². The van der Waals surface area contributed by atoms with Gasteiger partial charge in [0, 0.05) is 65.4 Å². The van der Waals surface area contributed by atoms with E-state index >= 15 is 14.4 Å². The third-order valence-electron chi connectivity index (χ3n) is 14.2. The van der Waals surface area contributed by atoms with Gasteiger partial charge in [0.2, 0.25) is 0 Å². The number of piperidine rings is 2. The molecule has 2 aliphatic heterocycles. The van der Waals surface area contributed by atoms with E-state index in [1.54, 1.807) is 24.3 Å². The molecule has 10 heteroatoms. The average Bonchev–Trinajstić information content (AvgIpc) is 3.07. The van der Waals surface area contributed by atoms with Crippen molar-refractivity contribution in [2.24, 2.45) is 0 Å². The van der Waals surface area contributed by atoms with Crippen molar-refractivity contribution in [3.8, 4) is 11.5 Å². The summed E-state index contributed by atoms with van der Waals surface area (Å²) in [5.74, 6) is -2.75. The number of nitrogens with zero attached hydrogens (tertiary/aromatic N) is 2. The Morgan fingerprint density at radius 3 is 1.08 bits per heavy atom. The first-order valence-electron chi connectivity index (χ1n) is 23.0. The monoisotopic (exact) mass is 877 g/mol. The summed E-state index contributed by atoms with van der Waals surface area (Å²) in [5, 5.41) is 23.4. The molecule has 63 heavy (non-hydrogen) atoms. The summed E-state index contributed by atoms with van der Waals surface area (Å²) in [6, 6.07) is 6.78. The lowest BCUT2D eigenvalue weighted by Gasteiger charge is -2.53. The summed E-state index contributed by atoms with van der Waals surface area (Å²) in [4.78, 5) is 50.9. The summed E-state index contributed by atoms with van der Waals surface area (Å²) in [6.07, 6.45) is 0.204. The van der Waals surface area contributed by atoms with Crippen molar-refractivity contribution < 1.29 is 38.8 Å². The van der Waals surface area contributed by atoms with E-state index in [1.807, 2.05) is 83.1 Å². The van der Waals surface area contributed by atoms with Crippen LogP contribution in [0.5, 0.6) is 11.5 Å². The molecule has 10 nitrogen and oxygen atoms in total. The van der Waals surface area contributed by atoms with Gasteiger partial charge in [-0.25, -0.2) is 14.4 Å². The third-order valence-corrected chi connectivity index (χ3v) is 14.2. The van der Waals surface area contributed by atoms with Crippen molar-refractivity contribution >= 4 is 17.9 Å². The van der Waals surface area contributed by atoms with E-state index < -0.39 is 63.8 Å². The maximum absolute atomic E-state index is 15.6. The van der Waals surface area contributed by atoms with Gasteiger partial charge in [-0.1, -0.05) is 95.2 Å². The van der Waals surface area contributed by atoms with Crippen LogP contribution in [0.3, 0.4) is 0 Å². The van der Waals surface area contributed by atoms with Crippen LogP contribution in [0.15, 0.2) is 24.3 Å². The molecule has 0 aliphatic carbocycles. The highest BCUT2D eigenvalue weighted by molar-refractivity contribution is 6.07. The second kappa shape index (κ2) is 16.7. The average molecular weight is 877 g/mol. The topological polar surface area (TPSA) is 126 Å². The molecule has 2 heterocycles. The number of hydrogen-bond acceptors (Lipinski definition) is 10. The van der Waals surface area contributed by atoms with Gasteiger partial charge in [-0.15, -0.1) is 0 Å². The number of benzene rings is 2. The summed E-state index contributed by atoms with van der Waals surface area (Å²) < 4.78 is 19.7. The molecule has 0 saturated carbocycles. The smallest absolute Gasteiger partial charge is 0.363 e. The van der Waals surface area contributed by atoms with Crippen LogP contribution in [0.25, 0.3) is 0 Å². The Kier molecular flexibility index (Phi) is 13.8. The summed E-state index contributed by atoms with van der Waals surface area (Å²) in [7, 11) is 4.12. The number of carbonyl (C=O) groups is 3. The predicted octanol–water partition coefficient (Wildman–Crippen LogP) is 10.8. The number of aromatic hydroxyl groups is 2. The van der Waals surface area contributed by atoms with E-state index in [1.165, 1.54) is 0 Å². The van der Waals surface area contributed by atoms with Gasteiger partial charge < -0.3 is 24.4 Å². The first-order valence-corrected chi connectivity index (χ1v) is 23.0. The zero-order valence-electron chi connectivity index (χ0n) is 43.2. The van der Waals surface area contributed by atoms with E-state index in [-0.39, 0.29) is 39.2 Å². The van der Waals surface area contributed by atoms with Crippen molar-refractivity contribution in [3.63, 3.8) is 0 Å². The second-order valence-corrected chi connectivity index (χ2v) is 25.6. The van der Waals surface area contributed by atoms with Gasteiger partial charge in [0.15, 0.2) is 0 Å². The third kappa shape index (κ3) is 10.9. The second-order valence-electron chi connectivity index (χ2n) is 25.6. The van der Waals surface area contributed by atoms with Crippen LogP contribution in [0.1, 0.15) is 202 Å². The Morgan fingerprint density at radius 1 is 0.540 bits per heavy atom. The normalized spacial score (nSPS) is 20.3.